The highest BCUT2D eigenvalue weighted by Crippen LogP contribution is 2.35. The highest BCUT2D eigenvalue weighted by molar-refractivity contribution is 7.94. The van der Waals surface area contributed by atoms with Gasteiger partial charge in [-0.1, -0.05) is 0 Å². The number of sulfonamides is 1. The van der Waals surface area contributed by atoms with Gasteiger partial charge in [0.1, 0.15) is 0 Å². The van der Waals surface area contributed by atoms with Crippen molar-refractivity contribution in [2.24, 2.45) is 5.41 Å². The molecule has 1 saturated heterocycles. The summed E-state index contributed by atoms with van der Waals surface area (Å²) in [4.78, 5) is 11.6. The van der Waals surface area contributed by atoms with Crippen molar-refractivity contribution in [1.29, 1.82) is 5.26 Å². The zero-order valence-electron chi connectivity index (χ0n) is 10.6. The smallest absolute Gasteiger partial charge is 0.258 e. The van der Waals surface area contributed by atoms with Gasteiger partial charge in [-0.25, -0.2) is 12.7 Å². The Morgan fingerprint density at radius 2 is 1.94 bits per heavy atom. The monoisotopic (exact) mass is 258 g/mol. The number of nitriles is 1. The molecule has 17 heavy (non-hydrogen) atoms. The molecule has 1 aliphatic heterocycles. The molecule has 1 fully saturated rings. The number of hydrogen-bond acceptors (Lipinski definition) is 4. The number of hydrogen-bond donors (Lipinski definition) is 0. The molecular formula is C11H18N2O3S. The van der Waals surface area contributed by atoms with Gasteiger partial charge in [-0.05, 0) is 40.5 Å². The Hall–Kier alpha value is -1.09. The van der Waals surface area contributed by atoms with E-state index in [2.05, 4.69) is 6.07 Å². The van der Waals surface area contributed by atoms with Crippen LogP contribution in [0.3, 0.4) is 0 Å². The molecule has 6 heteroatoms. The van der Waals surface area contributed by atoms with Crippen molar-refractivity contribution in [2.75, 3.05) is 6.54 Å². The van der Waals surface area contributed by atoms with Gasteiger partial charge in [-0.3, -0.25) is 4.79 Å². The maximum atomic E-state index is 11.7. The quantitative estimate of drug-likeness (QED) is 0.760. The Morgan fingerprint density at radius 3 is 2.35 bits per heavy atom. The maximum Gasteiger partial charge on any atom is 0.258 e. The minimum Gasteiger partial charge on any atom is -0.272 e. The predicted molar refractivity (Wildman–Crippen MR) is 63.3 cm³/mol. The molecule has 0 aromatic heterocycles. The third kappa shape index (κ3) is 2.16. The lowest BCUT2D eigenvalue weighted by Gasteiger charge is -2.43. The van der Waals surface area contributed by atoms with E-state index in [0.717, 1.165) is 4.31 Å². The molecule has 0 radical (unpaired) electrons. The summed E-state index contributed by atoms with van der Waals surface area (Å²) in [6.45, 7) is 6.60. The minimum atomic E-state index is -3.47. The van der Waals surface area contributed by atoms with Gasteiger partial charge in [0.05, 0.1) is 11.5 Å². The van der Waals surface area contributed by atoms with Crippen LogP contribution in [-0.4, -0.2) is 29.9 Å². The molecule has 0 saturated carbocycles. The van der Waals surface area contributed by atoms with Gasteiger partial charge in [0.2, 0.25) is 0 Å². The highest BCUT2D eigenvalue weighted by atomic mass is 32.2. The van der Waals surface area contributed by atoms with E-state index in [-0.39, 0.29) is 12.5 Å². The van der Waals surface area contributed by atoms with Crippen LogP contribution >= 0.6 is 0 Å². The second-order valence-corrected chi connectivity index (χ2v) is 7.90. The van der Waals surface area contributed by atoms with E-state index in [0.29, 0.717) is 12.8 Å². The summed E-state index contributed by atoms with van der Waals surface area (Å²) in [5.41, 5.74) is -0.479. The fraction of sp³-hybridized carbons (Fsp3) is 0.818. The molecule has 0 atom stereocenters. The van der Waals surface area contributed by atoms with Crippen LogP contribution in [-0.2, 0) is 14.8 Å². The first-order valence-electron chi connectivity index (χ1n) is 5.54. The van der Waals surface area contributed by atoms with Crippen LogP contribution in [0.5, 0.6) is 0 Å². The Balaban J connectivity index is 2.58. The predicted octanol–water partition coefficient (Wildman–Crippen LogP) is 1.27. The summed E-state index contributed by atoms with van der Waals surface area (Å²) in [6, 6.07) is 2.15. The van der Waals surface area contributed by atoms with Gasteiger partial charge in [0.15, 0.2) is 4.75 Å². The zero-order chi connectivity index (χ0) is 13.5. The lowest BCUT2D eigenvalue weighted by molar-refractivity contribution is -0.132. The van der Waals surface area contributed by atoms with Crippen LogP contribution in [0.15, 0.2) is 0 Å². The molecule has 1 amide bonds. The molecule has 1 aliphatic rings. The topological polar surface area (TPSA) is 78.2 Å². The van der Waals surface area contributed by atoms with Crippen molar-refractivity contribution < 1.29 is 13.2 Å². The average Bonchev–Trinajstić information content (AvgIpc) is 2.23. The number of amides is 1. The van der Waals surface area contributed by atoms with E-state index < -0.39 is 20.2 Å². The fourth-order valence-electron chi connectivity index (χ4n) is 1.70. The van der Waals surface area contributed by atoms with E-state index in [4.69, 9.17) is 5.26 Å². The maximum absolute atomic E-state index is 11.7. The van der Waals surface area contributed by atoms with Gasteiger partial charge in [-0.2, -0.15) is 5.26 Å². The van der Waals surface area contributed by atoms with E-state index in [1.165, 1.54) is 13.8 Å². The van der Waals surface area contributed by atoms with Gasteiger partial charge in [0, 0.05) is 6.54 Å². The second kappa shape index (κ2) is 3.98. The first-order chi connectivity index (χ1) is 7.56. The first kappa shape index (κ1) is 14.0. The summed E-state index contributed by atoms with van der Waals surface area (Å²) < 4.78 is 23.1. The van der Waals surface area contributed by atoms with E-state index in [1.54, 1.807) is 13.8 Å². The summed E-state index contributed by atoms with van der Waals surface area (Å²) in [6.07, 6.45) is 1.09. The van der Waals surface area contributed by atoms with Crippen LogP contribution in [0.25, 0.3) is 0 Å². The Bertz CT molecular complexity index is 471. The van der Waals surface area contributed by atoms with Gasteiger partial charge < -0.3 is 0 Å². The third-order valence-corrected chi connectivity index (χ3v) is 5.54. The number of carbonyl (C=O) groups is 1. The van der Waals surface area contributed by atoms with Crippen LogP contribution in [0.4, 0.5) is 0 Å². The van der Waals surface area contributed by atoms with Crippen molar-refractivity contribution in [3.05, 3.63) is 0 Å². The summed E-state index contributed by atoms with van der Waals surface area (Å²) in [5.74, 6) is -0.354. The number of rotatable bonds is 4. The molecule has 96 valence electrons. The summed E-state index contributed by atoms with van der Waals surface area (Å²) in [5, 5.41) is 8.82. The molecule has 0 aromatic rings. The molecule has 0 aliphatic carbocycles. The van der Waals surface area contributed by atoms with Crippen LogP contribution in [0.1, 0.15) is 40.5 Å². The molecule has 1 rings (SSSR count). The second-order valence-electron chi connectivity index (χ2n) is 5.49. The summed E-state index contributed by atoms with van der Waals surface area (Å²) in [7, 11) is -3.47. The Morgan fingerprint density at radius 1 is 1.41 bits per heavy atom. The van der Waals surface area contributed by atoms with E-state index in [9.17, 15) is 13.2 Å². The largest absolute Gasteiger partial charge is 0.272 e. The molecule has 5 nitrogen and oxygen atoms in total. The van der Waals surface area contributed by atoms with Crippen molar-refractivity contribution in [2.45, 2.75) is 45.3 Å². The number of carbonyl (C=O) groups excluding carboxylic acids is 1. The van der Waals surface area contributed by atoms with Crippen molar-refractivity contribution in [3.8, 4) is 6.07 Å². The lowest BCUT2D eigenvalue weighted by Crippen LogP contribution is -2.67. The fourth-order valence-corrected chi connectivity index (χ4v) is 3.26. The Labute approximate surface area is 102 Å². The van der Waals surface area contributed by atoms with E-state index >= 15 is 0 Å². The van der Waals surface area contributed by atoms with E-state index in [1.807, 2.05) is 0 Å². The van der Waals surface area contributed by atoms with Gasteiger partial charge >= 0.3 is 0 Å². The standard InChI is InChI=1S/C11H18N2O3S/c1-10(2,8-12)6-5-7-13-9(14)11(3,4)17(13,15)16/h5-7H2,1-4H3. The first-order valence-corrected chi connectivity index (χ1v) is 6.98. The minimum absolute atomic E-state index is 0.176. The lowest BCUT2D eigenvalue weighted by atomic mass is 9.90. The third-order valence-electron chi connectivity index (χ3n) is 3.14. The zero-order valence-corrected chi connectivity index (χ0v) is 11.5. The molecule has 1 heterocycles. The molecule has 0 unspecified atom stereocenters. The van der Waals surface area contributed by atoms with Crippen LogP contribution in [0, 0.1) is 16.7 Å². The number of nitrogens with zero attached hydrogens (tertiary/aromatic N) is 2. The van der Waals surface area contributed by atoms with Crippen molar-refractivity contribution >= 4 is 15.9 Å². The SMILES string of the molecule is CC(C)(C#N)CCCN1C(=O)C(C)(C)S1(=O)=O. The molecule has 0 spiro atoms. The molecule has 0 N–H and O–H groups in total. The van der Waals surface area contributed by atoms with Crippen LogP contribution in [0.2, 0.25) is 0 Å². The Kier molecular flexibility index (Phi) is 3.27. The average molecular weight is 258 g/mol. The molecular weight excluding hydrogens is 240 g/mol. The van der Waals surface area contributed by atoms with Crippen molar-refractivity contribution in [1.82, 2.24) is 4.31 Å². The van der Waals surface area contributed by atoms with Crippen LogP contribution < -0.4 is 0 Å². The molecule has 0 aromatic carbocycles. The van der Waals surface area contributed by atoms with Gasteiger partial charge in [0.25, 0.3) is 15.9 Å². The van der Waals surface area contributed by atoms with Crippen molar-refractivity contribution in [3.63, 3.8) is 0 Å². The highest BCUT2D eigenvalue weighted by Gasteiger charge is 2.59. The summed E-state index contributed by atoms with van der Waals surface area (Å²) >= 11 is 0. The van der Waals surface area contributed by atoms with Gasteiger partial charge in [-0.15, -0.1) is 0 Å². The molecule has 0 bridgehead atoms. The normalized spacial score (nSPS) is 21.8.